The fraction of sp³-hybridized carbons (Fsp3) is 0.857. The van der Waals surface area contributed by atoms with Crippen LogP contribution in [0.3, 0.4) is 0 Å². The summed E-state index contributed by atoms with van der Waals surface area (Å²) in [6.07, 6.45) is 0. The van der Waals surface area contributed by atoms with Gasteiger partial charge in [-0.2, -0.15) is 0 Å². The molecule has 0 aromatic carbocycles. The van der Waals surface area contributed by atoms with Crippen LogP contribution in [0.15, 0.2) is 0 Å². The minimum atomic E-state index is -3.23. The highest BCUT2D eigenvalue weighted by Crippen LogP contribution is 1.81. The molecular formula is C7H17N3O3S. The molecule has 7 heteroatoms. The molecule has 0 atom stereocenters. The Hall–Kier alpha value is -0.660. The van der Waals surface area contributed by atoms with Crippen LogP contribution in [-0.2, 0) is 14.8 Å². The molecule has 0 aliphatic carbocycles. The van der Waals surface area contributed by atoms with Gasteiger partial charge in [0.2, 0.25) is 15.9 Å². The molecule has 0 rings (SSSR count). The summed E-state index contributed by atoms with van der Waals surface area (Å²) in [4.78, 5) is 10.9. The molecule has 14 heavy (non-hydrogen) atoms. The van der Waals surface area contributed by atoms with Crippen molar-refractivity contribution in [2.24, 2.45) is 0 Å². The van der Waals surface area contributed by atoms with Crippen LogP contribution in [0.1, 0.15) is 6.92 Å². The van der Waals surface area contributed by atoms with Crippen molar-refractivity contribution >= 4 is 15.9 Å². The summed E-state index contributed by atoms with van der Waals surface area (Å²) in [5.41, 5.74) is 0. The van der Waals surface area contributed by atoms with Crippen molar-refractivity contribution in [2.45, 2.75) is 6.92 Å². The van der Waals surface area contributed by atoms with Crippen LogP contribution in [0.5, 0.6) is 0 Å². The average molecular weight is 223 g/mol. The van der Waals surface area contributed by atoms with Crippen LogP contribution in [0.4, 0.5) is 0 Å². The first-order chi connectivity index (χ1) is 6.52. The Kier molecular flexibility index (Phi) is 6.43. The van der Waals surface area contributed by atoms with Gasteiger partial charge in [0.1, 0.15) is 0 Å². The number of hydrogen-bond acceptors (Lipinski definition) is 4. The lowest BCUT2D eigenvalue weighted by molar-refractivity contribution is -0.120. The van der Waals surface area contributed by atoms with Gasteiger partial charge in [0.05, 0.1) is 12.3 Å². The molecule has 0 aromatic heterocycles. The maximum absolute atomic E-state index is 11.1. The van der Waals surface area contributed by atoms with Gasteiger partial charge in [0.15, 0.2) is 0 Å². The Bertz CT molecular complexity index is 263. The highest BCUT2D eigenvalue weighted by Gasteiger charge is 2.08. The molecule has 0 radical (unpaired) electrons. The van der Waals surface area contributed by atoms with Gasteiger partial charge in [-0.15, -0.1) is 0 Å². The van der Waals surface area contributed by atoms with Gasteiger partial charge in [0.25, 0.3) is 0 Å². The predicted octanol–water partition coefficient (Wildman–Crippen LogP) is -1.74. The normalized spacial score (nSPS) is 11.3. The van der Waals surface area contributed by atoms with E-state index in [1.807, 2.05) is 0 Å². The van der Waals surface area contributed by atoms with E-state index in [1.165, 1.54) is 0 Å². The Morgan fingerprint density at radius 1 is 1.36 bits per heavy atom. The maximum Gasteiger partial charge on any atom is 0.233 e. The third kappa shape index (κ3) is 6.81. The van der Waals surface area contributed by atoms with Gasteiger partial charge in [-0.25, -0.2) is 13.1 Å². The minimum absolute atomic E-state index is 0.0870. The van der Waals surface area contributed by atoms with E-state index in [1.54, 1.807) is 14.0 Å². The summed E-state index contributed by atoms with van der Waals surface area (Å²) in [6.45, 7) is 2.40. The lowest BCUT2D eigenvalue weighted by Gasteiger charge is -2.05. The van der Waals surface area contributed by atoms with Crippen molar-refractivity contribution in [2.75, 3.05) is 32.4 Å². The Morgan fingerprint density at radius 2 is 2.00 bits per heavy atom. The minimum Gasteiger partial charge on any atom is -0.354 e. The molecule has 6 nitrogen and oxygen atoms in total. The molecule has 0 spiro atoms. The van der Waals surface area contributed by atoms with Crippen LogP contribution in [-0.4, -0.2) is 46.8 Å². The fourth-order valence-corrected chi connectivity index (χ4v) is 1.79. The topological polar surface area (TPSA) is 87.3 Å². The highest BCUT2D eigenvalue weighted by atomic mass is 32.2. The number of amides is 1. The molecule has 0 saturated heterocycles. The van der Waals surface area contributed by atoms with E-state index in [4.69, 9.17) is 0 Å². The van der Waals surface area contributed by atoms with Crippen LogP contribution >= 0.6 is 0 Å². The molecule has 0 heterocycles. The molecular weight excluding hydrogens is 206 g/mol. The second-order valence-corrected chi connectivity index (χ2v) is 4.62. The maximum atomic E-state index is 11.1. The van der Waals surface area contributed by atoms with Gasteiger partial charge in [-0.1, -0.05) is 6.92 Å². The van der Waals surface area contributed by atoms with Crippen LogP contribution in [0, 0.1) is 0 Å². The number of hydrogen-bond donors (Lipinski definition) is 3. The van der Waals surface area contributed by atoms with Crippen LogP contribution < -0.4 is 15.4 Å². The summed E-state index contributed by atoms with van der Waals surface area (Å²) in [5.74, 6) is -0.296. The molecule has 3 N–H and O–H groups in total. The fourth-order valence-electron chi connectivity index (χ4n) is 0.840. The first kappa shape index (κ1) is 13.3. The van der Waals surface area contributed by atoms with E-state index < -0.39 is 10.0 Å². The molecule has 0 aromatic rings. The summed E-state index contributed by atoms with van der Waals surface area (Å²) in [5, 5.41) is 5.14. The zero-order valence-corrected chi connectivity index (χ0v) is 9.28. The van der Waals surface area contributed by atoms with E-state index in [9.17, 15) is 13.2 Å². The van der Waals surface area contributed by atoms with E-state index >= 15 is 0 Å². The predicted molar refractivity (Wildman–Crippen MR) is 54.4 cm³/mol. The van der Waals surface area contributed by atoms with Crippen molar-refractivity contribution in [1.29, 1.82) is 0 Å². The number of likely N-dealkylation sites (N-methyl/N-ethyl adjacent to an activating group) is 1. The third-order valence-electron chi connectivity index (χ3n) is 1.39. The number of carbonyl (C=O) groups excluding carboxylic acids is 1. The number of rotatable bonds is 7. The average Bonchev–Trinajstić information content (AvgIpc) is 2.03. The number of carbonyl (C=O) groups is 1. The molecule has 84 valence electrons. The SMILES string of the molecule is CCNS(=O)(=O)CCNC(=O)CNC. The van der Waals surface area contributed by atoms with Crippen molar-refractivity contribution in [3.8, 4) is 0 Å². The molecule has 1 amide bonds. The molecule has 0 fully saturated rings. The molecule has 0 unspecified atom stereocenters. The molecule has 0 aliphatic heterocycles. The second kappa shape index (κ2) is 6.74. The van der Waals surface area contributed by atoms with E-state index in [0.717, 1.165) is 0 Å². The second-order valence-electron chi connectivity index (χ2n) is 2.70. The quantitative estimate of drug-likeness (QED) is 0.478. The molecule has 0 saturated carbocycles. The molecule has 0 aliphatic rings. The zero-order chi connectivity index (χ0) is 11.0. The van der Waals surface area contributed by atoms with Crippen molar-refractivity contribution in [3.05, 3.63) is 0 Å². The van der Waals surface area contributed by atoms with Crippen LogP contribution in [0.2, 0.25) is 0 Å². The monoisotopic (exact) mass is 223 g/mol. The van der Waals surface area contributed by atoms with Crippen LogP contribution in [0.25, 0.3) is 0 Å². The highest BCUT2D eigenvalue weighted by molar-refractivity contribution is 7.89. The third-order valence-corrected chi connectivity index (χ3v) is 2.86. The van der Waals surface area contributed by atoms with Crippen molar-refractivity contribution in [3.63, 3.8) is 0 Å². The van der Waals surface area contributed by atoms with Gasteiger partial charge in [0, 0.05) is 13.1 Å². The standard InChI is InChI=1S/C7H17N3O3S/c1-3-10-14(12,13)5-4-9-7(11)6-8-2/h8,10H,3-6H2,1-2H3,(H,9,11). The zero-order valence-electron chi connectivity index (χ0n) is 8.46. The first-order valence-corrected chi connectivity index (χ1v) is 6.05. The number of sulfonamides is 1. The van der Waals surface area contributed by atoms with Gasteiger partial charge >= 0.3 is 0 Å². The van der Waals surface area contributed by atoms with Crippen molar-refractivity contribution in [1.82, 2.24) is 15.4 Å². The van der Waals surface area contributed by atoms with E-state index in [-0.39, 0.29) is 24.7 Å². The summed E-state index contributed by atoms with van der Waals surface area (Å²) >= 11 is 0. The smallest absolute Gasteiger partial charge is 0.233 e. The Balaban J connectivity index is 3.68. The Labute approximate surface area is 84.5 Å². The van der Waals surface area contributed by atoms with Crippen molar-refractivity contribution < 1.29 is 13.2 Å². The van der Waals surface area contributed by atoms with E-state index in [2.05, 4.69) is 15.4 Å². The summed E-state index contributed by atoms with van der Waals surface area (Å²) in [6, 6.07) is 0. The van der Waals surface area contributed by atoms with Gasteiger partial charge < -0.3 is 10.6 Å². The molecule has 0 bridgehead atoms. The lowest BCUT2D eigenvalue weighted by atomic mass is 10.5. The lowest BCUT2D eigenvalue weighted by Crippen LogP contribution is -2.37. The van der Waals surface area contributed by atoms with Gasteiger partial charge in [-0.05, 0) is 7.05 Å². The summed E-state index contributed by atoms with van der Waals surface area (Å²) in [7, 11) is -1.58. The first-order valence-electron chi connectivity index (χ1n) is 4.40. The Morgan fingerprint density at radius 3 is 2.50 bits per heavy atom. The largest absolute Gasteiger partial charge is 0.354 e. The van der Waals surface area contributed by atoms with E-state index in [0.29, 0.717) is 6.54 Å². The summed E-state index contributed by atoms with van der Waals surface area (Å²) < 4.78 is 24.5. The number of nitrogens with one attached hydrogen (secondary N) is 3. The van der Waals surface area contributed by atoms with Gasteiger partial charge in [-0.3, -0.25) is 4.79 Å².